The highest BCUT2D eigenvalue weighted by atomic mass is 16.5. The van der Waals surface area contributed by atoms with E-state index in [9.17, 15) is 14.7 Å². The maximum absolute atomic E-state index is 11.5. The molecular formula is C15H22N2O4. The lowest BCUT2D eigenvalue weighted by Gasteiger charge is -2.27. The molecule has 1 heterocycles. The Balaban J connectivity index is 2.72. The summed E-state index contributed by atoms with van der Waals surface area (Å²) in [4.78, 5) is 27.0. The van der Waals surface area contributed by atoms with Crippen LogP contribution in [0.25, 0.3) is 0 Å². The number of anilines is 1. The first-order chi connectivity index (χ1) is 9.99. The second-order valence-corrected chi connectivity index (χ2v) is 4.80. The third-order valence-corrected chi connectivity index (χ3v) is 3.69. The molecule has 0 radical (unpaired) electrons. The number of carboxylic acids is 1. The van der Waals surface area contributed by atoms with E-state index in [1.165, 1.54) is 6.20 Å². The summed E-state index contributed by atoms with van der Waals surface area (Å²) in [5.41, 5.74) is -0.431. The van der Waals surface area contributed by atoms with Gasteiger partial charge in [-0.25, -0.2) is 9.78 Å². The Hall–Kier alpha value is -2.11. The molecule has 1 rings (SSSR count). The van der Waals surface area contributed by atoms with Gasteiger partial charge >= 0.3 is 11.9 Å². The van der Waals surface area contributed by atoms with E-state index in [1.54, 1.807) is 19.1 Å². The van der Waals surface area contributed by atoms with Crippen molar-refractivity contribution in [2.75, 3.05) is 18.5 Å². The van der Waals surface area contributed by atoms with Gasteiger partial charge in [-0.15, -0.1) is 0 Å². The van der Waals surface area contributed by atoms with Crippen LogP contribution in [0.4, 0.5) is 5.82 Å². The predicted octanol–water partition coefficient (Wildman–Crippen LogP) is 2.56. The highest BCUT2D eigenvalue weighted by molar-refractivity contribution is 5.89. The summed E-state index contributed by atoms with van der Waals surface area (Å²) in [6.45, 7) is 6.06. The summed E-state index contributed by atoms with van der Waals surface area (Å²) >= 11 is 0. The molecule has 0 saturated heterocycles. The van der Waals surface area contributed by atoms with Crippen molar-refractivity contribution in [2.24, 2.45) is 5.41 Å². The van der Waals surface area contributed by atoms with Crippen LogP contribution in [-0.4, -0.2) is 35.2 Å². The molecule has 2 N–H and O–H groups in total. The first-order valence-corrected chi connectivity index (χ1v) is 7.09. The van der Waals surface area contributed by atoms with Crippen molar-refractivity contribution >= 4 is 17.8 Å². The molecule has 0 spiro atoms. The Morgan fingerprint density at radius 3 is 2.38 bits per heavy atom. The van der Waals surface area contributed by atoms with Crippen molar-refractivity contribution in [2.45, 2.75) is 33.6 Å². The van der Waals surface area contributed by atoms with Gasteiger partial charge in [-0.1, -0.05) is 13.8 Å². The van der Waals surface area contributed by atoms with E-state index in [-0.39, 0.29) is 0 Å². The topological polar surface area (TPSA) is 88.5 Å². The van der Waals surface area contributed by atoms with Crippen molar-refractivity contribution in [3.63, 3.8) is 0 Å². The Morgan fingerprint density at radius 1 is 1.29 bits per heavy atom. The molecule has 0 aliphatic heterocycles. The fourth-order valence-corrected chi connectivity index (χ4v) is 1.97. The highest BCUT2D eigenvalue weighted by Gasteiger charge is 2.34. The van der Waals surface area contributed by atoms with Crippen molar-refractivity contribution in [1.82, 2.24) is 4.98 Å². The van der Waals surface area contributed by atoms with Crippen molar-refractivity contribution in [3.8, 4) is 0 Å². The van der Waals surface area contributed by atoms with Crippen LogP contribution in [0.15, 0.2) is 18.3 Å². The minimum absolute atomic E-state index is 0.293. The second-order valence-electron chi connectivity index (χ2n) is 4.80. The number of carbonyl (C=O) groups is 2. The van der Waals surface area contributed by atoms with E-state index in [4.69, 9.17) is 4.74 Å². The molecule has 1 aromatic rings. The molecule has 0 saturated carbocycles. The van der Waals surface area contributed by atoms with Gasteiger partial charge in [0.15, 0.2) is 0 Å². The molecule has 0 bridgehead atoms. The average Bonchev–Trinajstić information content (AvgIpc) is 2.49. The smallest absolute Gasteiger partial charge is 0.339 e. The summed E-state index contributed by atoms with van der Waals surface area (Å²) in [7, 11) is 0. The summed E-state index contributed by atoms with van der Waals surface area (Å²) in [6, 6.07) is 3.25. The molecular weight excluding hydrogens is 272 g/mol. The lowest BCUT2D eigenvalue weighted by atomic mass is 9.82. The number of esters is 1. The molecule has 0 unspecified atom stereocenters. The monoisotopic (exact) mass is 294 g/mol. The van der Waals surface area contributed by atoms with Crippen LogP contribution in [0.5, 0.6) is 0 Å². The fraction of sp³-hybridized carbons (Fsp3) is 0.533. The van der Waals surface area contributed by atoms with Crippen molar-refractivity contribution in [3.05, 3.63) is 23.9 Å². The number of pyridine rings is 1. The van der Waals surface area contributed by atoms with Gasteiger partial charge in [0.25, 0.3) is 0 Å². The molecule has 0 fully saturated rings. The summed E-state index contributed by atoms with van der Waals surface area (Å²) in [6.07, 6.45) is 2.49. The maximum Gasteiger partial charge on any atom is 0.339 e. The first-order valence-electron chi connectivity index (χ1n) is 7.09. The second kappa shape index (κ2) is 7.61. The zero-order valence-electron chi connectivity index (χ0n) is 12.7. The van der Waals surface area contributed by atoms with Crippen LogP contribution in [0.1, 0.15) is 44.0 Å². The highest BCUT2D eigenvalue weighted by Crippen LogP contribution is 2.27. The van der Waals surface area contributed by atoms with Gasteiger partial charge in [-0.3, -0.25) is 4.79 Å². The maximum atomic E-state index is 11.5. The molecule has 1 aromatic heterocycles. The number of nitrogens with zero attached hydrogens (tertiary/aromatic N) is 1. The molecule has 116 valence electrons. The zero-order valence-corrected chi connectivity index (χ0v) is 12.7. The van der Waals surface area contributed by atoms with Crippen molar-refractivity contribution < 1.29 is 19.4 Å². The molecule has 6 heteroatoms. The van der Waals surface area contributed by atoms with Crippen LogP contribution in [-0.2, 0) is 9.53 Å². The van der Waals surface area contributed by atoms with E-state index in [1.807, 2.05) is 13.8 Å². The van der Waals surface area contributed by atoms with Gasteiger partial charge in [0.1, 0.15) is 5.82 Å². The quantitative estimate of drug-likeness (QED) is 0.716. The minimum atomic E-state index is -0.817. The number of hydrogen-bond acceptors (Lipinski definition) is 5. The molecule has 0 aliphatic rings. The molecule has 0 aliphatic carbocycles. The number of aromatic nitrogens is 1. The van der Waals surface area contributed by atoms with E-state index in [2.05, 4.69) is 10.3 Å². The van der Waals surface area contributed by atoms with Gasteiger partial charge in [0, 0.05) is 12.7 Å². The van der Waals surface area contributed by atoms with Crippen molar-refractivity contribution in [1.29, 1.82) is 0 Å². The summed E-state index contributed by atoms with van der Waals surface area (Å²) < 4.78 is 4.87. The molecule has 0 amide bonds. The van der Waals surface area contributed by atoms with E-state index in [0.29, 0.717) is 37.4 Å². The lowest BCUT2D eigenvalue weighted by molar-refractivity contribution is -0.148. The van der Waals surface area contributed by atoms with E-state index < -0.39 is 17.4 Å². The van der Waals surface area contributed by atoms with Crippen LogP contribution in [0.3, 0.4) is 0 Å². The predicted molar refractivity (Wildman–Crippen MR) is 79.3 cm³/mol. The average molecular weight is 294 g/mol. The first kappa shape index (κ1) is 16.9. The zero-order chi connectivity index (χ0) is 15.9. The Bertz CT molecular complexity index is 481. The lowest BCUT2D eigenvalue weighted by Crippen LogP contribution is -2.37. The SMILES string of the molecule is CCOC(=O)c1ccc(NCC(CC)(CC)C(=O)O)nc1. The Kier molecular flexibility index (Phi) is 6.14. The largest absolute Gasteiger partial charge is 0.481 e. The number of nitrogens with one attached hydrogen (secondary N) is 1. The number of aliphatic carboxylic acids is 1. The number of carbonyl (C=O) groups excluding carboxylic acids is 1. The summed E-state index contributed by atoms with van der Waals surface area (Å²) in [5.74, 6) is -0.697. The Labute approximate surface area is 124 Å². The van der Waals surface area contributed by atoms with Gasteiger partial charge in [-0.05, 0) is 31.9 Å². The van der Waals surface area contributed by atoms with E-state index >= 15 is 0 Å². The third kappa shape index (κ3) is 4.18. The third-order valence-electron chi connectivity index (χ3n) is 3.69. The van der Waals surface area contributed by atoms with Gasteiger partial charge in [0.2, 0.25) is 0 Å². The normalized spacial score (nSPS) is 11.0. The number of hydrogen-bond donors (Lipinski definition) is 2. The minimum Gasteiger partial charge on any atom is -0.481 e. The molecule has 0 atom stereocenters. The number of rotatable bonds is 8. The standard InChI is InChI=1S/C15H22N2O4/c1-4-15(5-2,14(19)20)10-17-12-8-7-11(9-16-12)13(18)21-6-3/h7-9H,4-6,10H2,1-3H3,(H,16,17)(H,19,20). The fourth-order valence-electron chi connectivity index (χ4n) is 1.97. The van der Waals surface area contributed by atoms with E-state index in [0.717, 1.165) is 0 Å². The van der Waals surface area contributed by atoms with Gasteiger partial charge in [0.05, 0.1) is 17.6 Å². The van der Waals surface area contributed by atoms with Crippen LogP contribution < -0.4 is 5.32 Å². The Morgan fingerprint density at radius 2 is 1.95 bits per heavy atom. The molecule has 0 aromatic carbocycles. The van der Waals surface area contributed by atoms with Gasteiger partial charge < -0.3 is 15.2 Å². The molecule has 6 nitrogen and oxygen atoms in total. The molecule has 21 heavy (non-hydrogen) atoms. The van der Waals surface area contributed by atoms with Crippen LogP contribution in [0, 0.1) is 5.41 Å². The summed E-state index contributed by atoms with van der Waals surface area (Å²) in [5, 5.41) is 12.4. The van der Waals surface area contributed by atoms with Crippen LogP contribution >= 0.6 is 0 Å². The number of carboxylic acid groups (broad SMARTS) is 1. The van der Waals surface area contributed by atoms with Gasteiger partial charge in [-0.2, -0.15) is 0 Å². The van der Waals surface area contributed by atoms with Crippen LogP contribution in [0.2, 0.25) is 0 Å². The number of ether oxygens (including phenoxy) is 1.